The number of nitro benzene ring substituents is 1. The fourth-order valence-corrected chi connectivity index (χ4v) is 3.37. The number of para-hydroxylation sites is 1. The van der Waals surface area contributed by atoms with Gasteiger partial charge in [0.15, 0.2) is 0 Å². The summed E-state index contributed by atoms with van der Waals surface area (Å²) < 4.78 is 0. The lowest BCUT2D eigenvalue weighted by molar-refractivity contribution is -0.384. The topological polar surface area (TPSA) is 85.1 Å². The van der Waals surface area contributed by atoms with Crippen LogP contribution in [0, 0.1) is 17.0 Å². The number of hydrogen-bond acceptors (Lipinski definition) is 4. The second-order valence-electron chi connectivity index (χ2n) is 6.61. The summed E-state index contributed by atoms with van der Waals surface area (Å²) in [6, 6.07) is 23.0. The second kappa shape index (κ2) is 7.52. The molecule has 0 bridgehead atoms. The SMILES string of the molecule is Cc1c(-c2ccccc2)nc2ccccc2c1C(=O)Nc1cccc([N+](=O)[O-])c1. The normalized spacial score (nSPS) is 10.7. The molecule has 29 heavy (non-hydrogen) atoms. The Morgan fingerprint density at radius 2 is 1.69 bits per heavy atom. The van der Waals surface area contributed by atoms with E-state index >= 15 is 0 Å². The van der Waals surface area contributed by atoms with E-state index in [9.17, 15) is 14.9 Å². The maximum Gasteiger partial charge on any atom is 0.271 e. The van der Waals surface area contributed by atoms with Gasteiger partial charge in [-0.2, -0.15) is 0 Å². The smallest absolute Gasteiger partial charge is 0.271 e. The quantitative estimate of drug-likeness (QED) is 0.379. The van der Waals surface area contributed by atoms with Crippen LogP contribution in [0.1, 0.15) is 15.9 Å². The number of pyridine rings is 1. The van der Waals surface area contributed by atoms with E-state index < -0.39 is 4.92 Å². The maximum absolute atomic E-state index is 13.2. The molecule has 6 heteroatoms. The molecule has 4 aromatic rings. The molecule has 0 aliphatic carbocycles. The van der Waals surface area contributed by atoms with Crippen LogP contribution in [0.3, 0.4) is 0 Å². The van der Waals surface area contributed by atoms with Crippen LogP contribution >= 0.6 is 0 Å². The summed E-state index contributed by atoms with van der Waals surface area (Å²) in [5, 5.41) is 14.5. The summed E-state index contributed by atoms with van der Waals surface area (Å²) in [5.41, 5.74) is 3.89. The van der Waals surface area contributed by atoms with Crippen molar-refractivity contribution < 1.29 is 9.72 Å². The molecule has 0 fully saturated rings. The van der Waals surface area contributed by atoms with Crippen molar-refractivity contribution in [1.29, 1.82) is 0 Å². The highest BCUT2D eigenvalue weighted by atomic mass is 16.6. The molecular formula is C23H17N3O3. The molecule has 1 N–H and O–H groups in total. The van der Waals surface area contributed by atoms with Crippen LogP contribution in [0.5, 0.6) is 0 Å². The first kappa shape index (κ1) is 18.3. The molecule has 142 valence electrons. The van der Waals surface area contributed by atoms with E-state index in [2.05, 4.69) is 5.32 Å². The van der Waals surface area contributed by atoms with Crippen molar-refractivity contribution in [3.63, 3.8) is 0 Å². The van der Waals surface area contributed by atoms with E-state index in [1.165, 1.54) is 12.1 Å². The number of amides is 1. The summed E-state index contributed by atoms with van der Waals surface area (Å²) in [7, 11) is 0. The minimum atomic E-state index is -0.490. The molecule has 6 nitrogen and oxygen atoms in total. The zero-order valence-corrected chi connectivity index (χ0v) is 15.6. The number of anilines is 1. The van der Waals surface area contributed by atoms with Crippen molar-refractivity contribution in [2.24, 2.45) is 0 Å². The first-order valence-corrected chi connectivity index (χ1v) is 9.05. The Labute approximate surface area is 167 Å². The van der Waals surface area contributed by atoms with Crippen molar-refractivity contribution in [2.45, 2.75) is 6.92 Å². The molecule has 1 heterocycles. The molecule has 0 aliphatic heterocycles. The zero-order valence-electron chi connectivity index (χ0n) is 15.6. The number of benzene rings is 3. The monoisotopic (exact) mass is 383 g/mol. The summed E-state index contributed by atoms with van der Waals surface area (Å²) in [6.45, 7) is 1.87. The molecule has 3 aromatic carbocycles. The average Bonchev–Trinajstić information content (AvgIpc) is 2.74. The fourth-order valence-electron chi connectivity index (χ4n) is 3.37. The highest BCUT2D eigenvalue weighted by molar-refractivity contribution is 6.14. The summed E-state index contributed by atoms with van der Waals surface area (Å²) in [6.07, 6.45) is 0. The number of fused-ring (bicyclic) bond motifs is 1. The standard InChI is InChI=1S/C23H17N3O3/c1-15-21(23(27)24-17-10-7-11-18(14-17)26(28)29)19-12-5-6-13-20(19)25-22(15)16-8-3-2-4-9-16/h2-14H,1H3,(H,24,27). The van der Waals surface area contributed by atoms with Crippen LogP contribution in [0.15, 0.2) is 78.9 Å². The third kappa shape index (κ3) is 3.55. The summed E-state index contributed by atoms with van der Waals surface area (Å²) in [5.74, 6) is -0.334. The number of rotatable bonds is 4. The van der Waals surface area contributed by atoms with E-state index in [0.29, 0.717) is 16.8 Å². The number of carbonyl (C=O) groups is 1. The minimum Gasteiger partial charge on any atom is -0.322 e. The van der Waals surface area contributed by atoms with Gasteiger partial charge in [0, 0.05) is 28.8 Å². The lowest BCUT2D eigenvalue weighted by Crippen LogP contribution is -2.15. The van der Waals surface area contributed by atoms with Crippen LogP contribution in [0.2, 0.25) is 0 Å². The van der Waals surface area contributed by atoms with Crippen molar-refractivity contribution in [3.05, 3.63) is 100 Å². The van der Waals surface area contributed by atoms with E-state index in [1.54, 1.807) is 12.1 Å². The fraction of sp³-hybridized carbons (Fsp3) is 0.0435. The van der Waals surface area contributed by atoms with E-state index in [0.717, 1.165) is 22.2 Å². The number of aromatic nitrogens is 1. The Bertz CT molecular complexity index is 1240. The van der Waals surface area contributed by atoms with Gasteiger partial charge in [-0.15, -0.1) is 0 Å². The van der Waals surface area contributed by atoms with Gasteiger partial charge in [0.25, 0.3) is 11.6 Å². The number of carbonyl (C=O) groups excluding carboxylic acids is 1. The molecule has 1 amide bonds. The number of nitrogens with zero attached hydrogens (tertiary/aromatic N) is 2. The van der Waals surface area contributed by atoms with E-state index in [1.807, 2.05) is 61.5 Å². The third-order valence-corrected chi connectivity index (χ3v) is 4.72. The molecule has 0 saturated carbocycles. The van der Waals surface area contributed by atoms with Crippen molar-refractivity contribution in [3.8, 4) is 11.3 Å². The van der Waals surface area contributed by atoms with Gasteiger partial charge in [-0.3, -0.25) is 14.9 Å². The van der Waals surface area contributed by atoms with Gasteiger partial charge in [0.2, 0.25) is 0 Å². The molecule has 0 radical (unpaired) electrons. The minimum absolute atomic E-state index is 0.0796. The number of nitro groups is 1. The van der Waals surface area contributed by atoms with Crippen molar-refractivity contribution in [1.82, 2.24) is 4.98 Å². The summed E-state index contributed by atoms with van der Waals surface area (Å²) >= 11 is 0. The number of non-ortho nitro benzene ring substituents is 1. The van der Waals surface area contributed by atoms with Crippen LogP contribution in [0.25, 0.3) is 22.2 Å². The van der Waals surface area contributed by atoms with Gasteiger partial charge in [0.05, 0.1) is 21.7 Å². The molecule has 0 aliphatic rings. The van der Waals surface area contributed by atoms with Gasteiger partial charge in [-0.25, -0.2) is 4.98 Å². The van der Waals surface area contributed by atoms with Crippen LogP contribution in [-0.2, 0) is 0 Å². The van der Waals surface area contributed by atoms with Crippen LogP contribution < -0.4 is 5.32 Å². The van der Waals surface area contributed by atoms with E-state index in [-0.39, 0.29) is 11.6 Å². The average molecular weight is 383 g/mol. The highest BCUT2D eigenvalue weighted by Gasteiger charge is 2.19. The van der Waals surface area contributed by atoms with Crippen LogP contribution in [0.4, 0.5) is 11.4 Å². The lowest BCUT2D eigenvalue weighted by atomic mass is 9.97. The Morgan fingerprint density at radius 1 is 0.966 bits per heavy atom. The zero-order chi connectivity index (χ0) is 20.4. The molecule has 1 aromatic heterocycles. The van der Waals surface area contributed by atoms with Gasteiger partial charge in [0.1, 0.15) is 0 Å². The Morgan fingerprint density at radius 3 is 2.45 bits per heavy atom. The van der Waals surface area contributed by atoms with Crippen LogP contribution in [-0.4, -0.2) is 15.8 Å². The van der Waals surface area contributed by atoms with E-state index in [4.69, 9.17) is 4.98 Å². The van der Waals surface area contributed by atoms with Crippen molar-refractivity contribution >= 4 is 28.2 Å². The van der Waals surface area contributed by atoms with Gasteiger partial charge < -0.3 is 5.32 Å². The molecule has 0 atom stereocenters. The predicted molar refractivity (Wildman–Crippen MR) is 113 cm³/mol. The highest BCUT2D eigenvalue weighted by Crippen LogP contribution is 2.30. The largest absolute Gasteiger partial charge is 0.322 e. The van der Waals surface area contributed by atoms with Crippen molar-refractivity contribution in [2.75, 3.05) is 5.32 Å². The molecule has 0 saturated heterocycles. The predicted octanol–water partition coefficient (Wildman–Crippen LogP) is 5.37. The van der Waals surface area contributed by atoms with Gasteiger partial charge in [-0.1, -0.05) is 54.6 Å². The number of hydrogen-bond donors (Lipinski definition) is 1. The molecule has 0 spiro atoms. The molecular weight excluding hydrogens is 366 g/mol. The first-order valence-electron chi connectivity index (χ1n) is 9.05. The Balaban J connectivity index is 1.84. The second-order valence-corrected chi connectivity index (χ2v) is 6.61. The lowest BCUT2D eigenvalue weighted by Gasteiger charge is -2.15. The first-order chi connectivity index (χ1) is 14.0. The number of nitrogens with one attached hydrogen (secondary N) is 1. The summed E-state index contributed by atoms with van der Waals surface area (Å²) in [4.78, 5) is 28.5. The Hall–Kier alpha value is -4.06. The van der Waals surface area contributed by atoms with Gasteiger partial charge >= 0.3 is 0 Å². The maximum atomic E-state index is 13.2. The van der Waals surface area contributed by atoms with Gasteiger partial charge in [-0.05, 0) is 24.6 Å². The molecule has 0 unspecified atom stereocenters. The molecule has 4 rings (SSSR count). The third-order valence-electron chi connectivity index (χ3n) is 4.72. The Kier molecular flexibility index (Phi) is 4.75.